The molecular formula is C20H25NO4. The topological polar surface area (TPSA) is 71.0 Å². The second-order valence-electron chi connectivity index (χ2n) is 6.36. The summed E-state index contributed by atoms with van der Waals surface area (Å²) in [5.41, 5.74) is 2.16. The average Bonchev–Trinajstić information content (AvgIpc) is 2.92. The fraction of sp³-hybridized carbons (Fsp3) is 0.400. The lowest BCUT2D eigenvalue weighted by molar-refractivity contribution is -0.00497. The van der Waals surface area contributed by atoms with Gasteiger partial charge < -0.3 is 25.0 Å². The Hall–Kier alpha value is -1.76. The molecule has 2 aromatic carbocycles. The van der Waals surface area contributed by atoms with E-state index < -0.39 is 12.2 Å². The number of aliphatic hydroxyl groups excluding tert-OH is 2. The van der Waals surface area contributed by atoms with Gasteiger partial charge in [-0.15, -0.1) is 0 Å². The Morgan fingerprint density at radius 2 is 1.08 bits per heavy atom. The first-order valence-corrected chi connectivity index (χ1v) is 8.59. The molecule has 1 heterocycles. The van der Waals surface area contributed by atoms with Crippen molar-refractivity contribution in [3.8, 4) is 0 Å². The summed E-state index contributed by atoms with van der Waals surface area (Å²) >= 11 is 0. The van der Waals surface area contributed by atoms with E-state index in [9.17, 15) is 10.2 Å². The molecule has 0 bridgehead atoms. The van der Waals surface area contributed by atoms with Crippen LogP contribution in [0.15, 0.2) is 60.7 Å². The molecule has 2 aromatic rings. The molecule has 0 unspecified atom stereocenters. The molecule has 25 heavy (non-hydrogen) atoms. The molecule has 4 atom stereocenters. The minimum absolute atomic E-state index is 0.302. The maximum Gasteiger partial charge on any atom is 0.0990 e. The lowest BCUT2D eigenvalue weighted by Gasteiger charge is -2.15. The van der Waals surface area contributed by atoms with Gasteiger partial charge >= 0.3 is 0 Å². The predicted molar refractivity (Wildman–Crippen MR) is 94.9 cm³/mol. The Labute approximate surface area is 148 Å². The van der Waals surface area contributed by atoms with Gasteiger partial charge in [-0.3, -0.25) is 0 Å². The summed E-state index contributed by atoms with van der Waals surface area (Å²) in [7, 11) is 0. The molecule has 0 saturated carbocycles. The molecule has 1 aliphatic rings. The van der Waals surface area contributed by atoms with E-state index >= 15 is 0 Å². The van der Waals surface area contributed by atoms with Crippen molar-refractivity contribution in [2.75, 3.05) is 13.2 Å². The molecule has 1 aliphatic heterocycles. The molecule has 0 aromatic heterocycles. The summed E-state index contributed by atoms with van der Waals surface area (Å²) in [6.45, 7) is 1.64. The maximum atomic E-state index is 10.2. The van der Waals surface area contributed by atoms with E-state index in [1.165, 1.54) is 0 Å². The first-order chi connectivity index (χ1) is 12.2. The second kappa shape index (κ2) is 9.08. The lowest BCUT2D eigenvalue weighted by atomic mass is 10.1. The molecule has 0 aliphatic carbocycles. The molecule has 1 fully saturated rings. The number of benzene rings is 2. The van der Waals surface area contributed by atoms with Gasteiger partial charge in [0.25, 0.3) is 0 Å². The number of nitrogens with one attached hydrogen (secondary N) is 1. The summed E-state index contributed by atoms with van der Waals surface area (Å²) in [6, 6.07) is 19.1. The lowest BCUT2D eigenvalue weighted by Crippen LogP contribution is -2.39. The number of rotatable bonds is 8. The summed E-state index contributed by atoms with van der Waals surface area (Å²) in [4.78, 5) is 0. The molecule has 5 heteroatoms. The zero-order valence-electron chi connectivity index (χ0n) is 14.1. The van der Waals surface area contributed by atoms with Gasteiger partial charge in [-0.2, -0.15) is 0 Å². The molecule has 1 saturated heterocycles. The Morgan fingerprint density at radius 1 is 0.680 bits per heavy atom. The third-order valence-corrected chi connectivity index (χ3v) is 4.42. The highest BCUT2D eigenvalue weighted by Crippen LogP contribution is 2.16. The van der Waals surface area contributed by atoms with Crippen molar-refractivity contribution in [2.24, 2.45) is 0 Å². The van der Waals surface area contributed by atoms with E-state index in [1.807, 2.05) is 60.7 Å². The third-order valence-electron chi connectivity index (χ3n) is 4.42. The minimum atomic E-state index is -0.860. The van der Waals surface area contributed by atoms with Crippen LogP contribution in [0, 0.1) is 0 Å². The quantitative estimate of drug-likeness (QED) is 0.677. The van der Waals surface area contributed by atoms with Crippen LogP contribution in [0.2, 0.25) is 0 Å². The van der Waals surface area contributed by atoms with Gasteiger partial charge in [0, 0.05) is 0 Å². The maximum absolute atomic E-state index is 10.2. The van der Waals surface area contributed by atoms with Crippen LogP contribution in [0.25, 0.3) is 0 Å². The summed E-state index contributed by atoms with van der Waals surface area (Å²) in [5.74, 6) is 0. The molecule has 134 valence electrons. The number of hydrogen-bond acceptors (Lipinski definition) is 5. The SMILES string of the molecule is O[C@@H]1[C@H](O)[C@@H](COCc2ccccc2)N[C@H]1COCc1ccccc1. The van der Waals surface area contributed by atoms with Crippen LogP contribution in [0.3, 0.4) is 0 Å². The Bertz CT molecular complexity index is 567. The van der Waals surface area contributed by atoms with E-state index in [1.54, 1.807) is 0 Å². The standard InChI is InChI=1S/C20H25NO4/c22-19-17(13-24-11-15-7-3-1-4-8-15)21-18(20(19)23)14-25-12-16-9-5-2-6-10-16/h1-10,17-23H,11-14H2/t17-,18+,19-,20+. The highest BCUT2D eigenvalue weighted by Gasteiger charge is 2.40. The van der Waals surface area contributed by atoms with Crippen LogP contribution in [0.4, 0.5) is 0 Å². The van der Waals surface area contributed by atoms with Crippen molar-refractivity contribution in [1.29, 1.82) is 0 Å². The molecule has 0 amide bonds. The normalized spacial score (nSPS) is 26.0. The van der Waals surface area contributed by atoms with E-state index in [4.69, 9.17) is 9.47 Å². The molecular weight excluding hydrogens is 318 g/mol. The predicted octanol–water partition coefficient (Wildman–Crippen LogP) is 1.48. The summed E-state index contributed by atoms with van der Waals surface area (Å²) in [6.07, 6.45) is -1.72. The zero-order chi connectivity index (χ0) is 17.5. The first-order valence-electron chi connectivity index (χ1n) is 8.59. The van der Waals surface area contributed by atoms with E-state index in [-0.39, 0.29) is 12.1 Å². The van der Waals surface area contributed by atoms with Gasteiger partial charge in [0.15, 0.2) is 0 Å². The van der Waals surface area contributed by atoms with Crippen LogP contribution in [-0.2, 0) is 22.7 Å². The van der Waals surface area contributed by atoms with Crippen molar-refractivity contribution in [3.05, 3.63) is 71.8 Å². The Kier molecular flexibility index (Phi) is 6.55. The number of aliphatic hydroxyl groups is 2. The molecule has 0 spiro atoms. The van der Waals surface area contributed by atoms with Crippen molar-refractivity contribution in [1.82, 2.24) is 5.32 Å². The van der Waals surface area contributed by atoms with E-state index in [0.29, 0.717) is 26.4 Å². The monoisotopic (exact) mass is 343 g/mol. The van der Waals surface area contributed by atoms with Gasteiger partial charge in [-0.1, -0.05) is 60.7 Å². The van der Waals surface area contributed by atoms with Gasteiger partial charge in [-0.25, -0.2) is 0 Å². The minimum Gasteiger partial charge on any atom is -0.389 e. The third kappa shape index (κ3) is 5.11. The average molecular weight is 343 g/mol. The zero-order valence-corrected chi connectivity index (χ0v) is 14.1. The van der Waals surface area contributed by atoms with Gasteiger partial charge in [0.05, 0.1) is 50.7 Å². The van der Waals surface area contributed by atoms with E-state index in [0.717, 1.165) is 11.1 Å². The van der Waals surface area contributed by atoms with Crippen LogP contribution < -0.4 is 5.32 Å². The van der Waals surface area contributed by atoms with Crippen molar-refractivity contribution < 1.29 is 19.7 Å². The fourth-order valence-electron chi connectivity index (χ4n) is 3.00. The Balaban J connectivity index is 1.41. The van der Waals surface area contributed by atoms with E-state index in [2.05, 4.69) is 5.32 Å². The van der Waals surface area contributed by atoms with Gasteiger partial charge in [0.2, 0.25) is 0 Å². The van der Waals surface area contributed by atoms with Crippen LogP contribution >= 0.6 is 0 Å². The van der Waals surface area contributed by atoms with Gasteiger partial charge in [-0.05, 0) is 11.1 Å². The second-order valence-corrected chi connectivity index (χ2v) is 6.36. The summed E-state index contributed by atoms with van der Waals surface area (Å²) in [5, 5.41) is 23.6. The van der Waals surface area contributed by atoms with Gasteiger partial charge in [0.1, 0.15) is 0 Å². The largest absolute Gasteiger partial charge is 0.389 e. The fourth-order valence-corrected chi connectivity index (χ4v) is 3.00. The molecule has 3 N–H and O–H groups in total. The number of hydrogen-bond donors (Lipinski definition) is 3. The van der Waals surface area contributed by atoms with Crippen LogP contribution in [0.5, 0.6) is 0 Å². The molecule has 3 rings (SSSR count). The van der Waals surface area contributed by atoms with Crippen LogP contribution in [-0.4, -0.2) is 47.7 Å². The molecule has 0 radical (unpaired) electrons. The van der Waals surface area contributed by atoms with Crippen LogP contribution in [0.1, 0.15) is 11.1 Å². The first kappa shape index (κ1) is 18.0. The van der Waals surface area contributed by atoms with Crippen molar-refractivity contribution in [3.63, 3.8) is 0 Å². The number of ether oxygens (including phenoxy) is 2. The highest BCUT2D eigenvalue weighted by atomic mass is 16.5. The summed E-state index contributed by atoms with van der Waals surface area (Å²) < 4.78 is 11.3. The smallest absolute Gasteiger partial charge is 0.0990 e. The highest BCUT2D eigenvalue weighted by molar-refractivity contribution is 5.14. The van der Waals surface area contributed by atoms with Crippen molar-refractivity contribution >= 4 is 0 Å². The molecule has 5 nitrogen and oxygen atoms in total. The Morgan fingerprint density at radius 3 is 1.48 bits per heavy atom. The van der Waals surface area contributed by atoms with Crippen molar-refractivity contribution in [2.45, 2.75) is 37.5 Å².